The first-order chi connectivity index (χ1) is 8.99. The quantitative estimate of drug-likeness (QED) is 0.809. The Kier molecular flexibility index (Phi) is 4.09. The fourth-order valence-corrected chi connectivity index (χ4v) is 3.65. The van der Waals surface area contributed by atoms with Gasteiger partial charge in [0.2, 0.25) is 5.91 Å². The highest BCUT2D eigenvalue weighted by Crippen LogP contribution is 2.20. The Morgan fingerprint density at radius 3 is 2.53 bits per heavy atom. The maximum Gasteiger partial charge on any atom is 0.235 e. The van der Waals surface area contributed by atoms with E-state index in [4.69, 9.17) is 5.73 Å². The zero-order valence-corrected chi connectivity index (χ0v) is 11.4. The predicted octanol–water partition coefficient (Wildman–Crippen LogP) is 1.10. The van der Waals surface area contributed by atoms with Gasteiger partial charge in [-0.2, -0.15) is 0 Å². The molecule has 1 saturated carbocycles. The molecule has 0 heterocycles. The molecule has 1 aromatic rings. The topological polar surface area (TPSA) is 89.3 Å². The summed E-state index contributed by atoms with van der Waals surface area (Å²) in [4.78, 5) is 11.8. The highest BCUT2D eigenvalue weighted by Gasteiger charge is 2.24. The van der Waals surface area contributed by atoms with E-state index >= 15 is 0 Å². The van der Waals surface area contributed by atoms with E-state index in [0.717, 1.165) is 25.7 Å². The zero-order valence-electron chi connectivity index (χ0n) is 10.6. The largest absolute Gasteiger partial charge is 0.398 e. The summed E-state index contributed by atoms with van der Waals surface area (Å²) in [6.07, 6.45) is 4.03. The van der Waals surface area contributed by atoms with Crippen molar-refractivity contribution in [3.8, 4) is 0 Å². The van der Waals surface area contributed by atoms with Crippen LogP contribution in [-0.2, 0) is 14.6 Å². The minimum atomic E-state index is -3.67. The van der Waals surface area contributed by atoms with Crippen LogP contribution in [0.25, 0.3) is 0 Å². The Hall–Kier alpha value is -1.56. The van der Waals surface area contributed by atoms with Crippen molar-refractivity contribution in [1.29, 1.82) is 0 Å². The van der Waals surface area contributed by atoms with Crippen LogP contribution in [-0.4, -0.2) is 26.1 Å². The summed E-state index contributed by atoms with van der Waals surface area (Å²) in [7, 11) is -3.67. The molecular formula is C13H18N2O3S. The Labute approximate surface area is 113 Å². The molecule has 1 aliphatic carbocycles. The number of benzene rings is 1. The van der Waals surface area contributed by atoms with Crippen molar-refractivity contribution in [1.82, 2.24) is 5.32 Å². The Morgan fingerprint density at radius 1 is 1.26 bits per heavy atom. The van der Waals surface area contributed by atoms with Gasteiger partial charge in [0.05, 0.1) is 10.6 Å². The van der Waals surface area contributed by atoms with Crippen LogP contribution in [0.4, 0.5) is 5.69 Å². The van der Waals surface area contributed by atoms with Gasteiger partial charge in [0.15, 0.2) is 9.84 Å². The lowest BCUT2D eigenvalue weighted by atomic mass is 10.2. The maximum absolute atomic E-state index is 12.1. The van der Waals surface area contributed by atoms with Gasteiger partial charge in [-0.15, -0.1) is 0 Å². The molecule has 2 rings (SSSR count). The summed E-state index contributed by atoms with van der Waals surface area (Å²) >= 11 is 0. The molecule has 19 heavy (non-hydrogen) atoms. The molecule has 1 amide bonds. The summed E-state index contributed by atoms with van der Waals surface area (Å²) < 4.78 is 24.2. The van der Waals surface area contributed by atoms with Crippen molar-refractivity contribution in [2.45, 2.75) is 36.6 Å². The molecule has 1 aliphatic rings. The van der Waals surface area contributed by atoms with E-state index in [2.05, 4.69) is 5.32 Å². The number of hydrogen-bond acceptors (Lipinski definition) is 4. The van der Waals surface area contributed by atoms with Crippen LogP contribution < -0.4 is 11.1 Å². The second-order valence-corrected chi connectivity index (χ2v) is 6.80. The molecule has 6 heteroatoms. The molecular weight excluding hydrogens is 264 g/mol. The smallest absolute Gasteiger partial charge is 0.235 e. The molecule has 3 N–H and O–H groups in total. The molecule has 0 spiro atoms. The fourth-order valence-electron chi connectivity index (χ4n) is 2.35. The predicted molar refractivity (Wildman–Crippen MR) is 73.3 cm³/mol. The lowest BCUT2D eigenvalue weighted by Gasteiger charge is -2.12. The molecule has 0 saturated heterocycles. The van der Waals surface area contributed by atoms with Crippen molar-refractivity contribution in [2.24, 2.45) is 0 Å². The summed E-state index contributed by atoms with van der Waals surface area (Å²) in [6, 6.07) is 6.32. The zero-order chi connectivity index (χ0) is 13.9. The van der Waals surface area contributed by atoms with E-state index in [1.807, 2.05) is 0 Å². The highest BCUT2D eigenvalue weighted by atomic mass is 32.2. The standard InChI is InChI=1S/C13H18N2O3S/c14-11-7-3-4-8-12(11)19(17,18)9-13(16)15-10-5-1-2-6-10/h3-4,7-8,10H,1-2,5-6,9,14H2,(H,15,16). The minimum Gasteiger partial charge on any atom is -0.398 e. The van der Waals surface area contributed by atoms with E-state index < -0.39 is 21.5 Å². The molecule has 1 fully saturated rings. The molecule has 5 nitrogen and oxygen atoms in total. The average Bonchev–Trinajstić information content (AvgIpc) is 2.81. The molecule has 0 aliphatic heterocycles. The molecule has 1 aromatic carbocycles. The normalized spacial score (nSPS) is 16.4. The van der Waals surface area contributed by atoms with Gasteiger partial charge < -0.3 is 11.1 Å². The van der Waals surface area contributed by atoms with E-state index in [-0.39, 0.29) is 16.6 Å². The maximum atomic E-state index is 12.1. The van der Waals surface area contributed by atoms with E-state index in [9.17, 15) is 13.2 Å². The molecule has 0 unspecified atom stereocenters. The van der Waals surface area contributed by atoms with Crippen molar-refractivity contribution in [3.63, 3.8) is 0 Å². The van der Waals surface area contributed by atoms with Crippen molar-refractivity contribution < 1.29 is 13.2 Å². The third-order valence-electron chi connectivity index (χ3n) is 3.30. The lowest BCUT2D eigenvalue weighted by Crippen LogP contribution is -2.37. The number of hydrogen-bond donors (Lipinski definition) is 2. The van der Waals surface area contributed by atoms with Gasteiger partial charge in [-0.1, -0.05) is 25.0 Å². The van der Waals surface area contributed by atoms with Gasteiger partial charge in [0.1, 0.15) is 5.75 Å². The Morgan fingerprint density at radius 2 is 1.89 bits per heavy atom. The summed E-state index contributed by atoms with van der Waals surface area (Å²) in [5.74, 6) is -0.993. The summed E-state index contributed by atoms with van der Waals surface area (Å²) in [5.41, 5.74) is 5.81. The second-order valence-electron chi connectivity index (χ2n) is 4.85. The first-order valence-electron chi connectivity index (χ1n) is 6.36. The molecule has 0 radical (unpaired) electrons. The number of rotatable bonds is 4. The van der Waals surface area contributed by atoms with Gasteiger partial charge >= 0.3 is 0 Å². The van der Waals surface area contributed by atoms with Crippen LogP contribution in [0.1, 0.15) is 25.7 Å². The number of anilines is 1. The summed E-state index contributed by atoms with van der Waals surface area (Å²) in [5, 5.41) is 2.77. The third-order valence-corrected chi connectivity index (χ3v) is 4.98. The minimum absolute atomic E-state index is 0.0246. The number of amides is 1. The number of nitrogens with two attached hydrogens (primary N) is 1. The van der Waals surface area contributed by atoms with E-state index in [1.54, 1.807) is 12.1 Å². The van der Waals surface area contributed by atoms with Crippen molar-refractivity contribution in [2.75, 3.05) is 11.5 Å². The highest BCUT2D eigenvalue weighted by molar-refractivity contribution is 7.92. The third kappa shape index (κ3) is 3.47. The Balaban J connectivity index is 2.05. The number of carbonyl (C=O) groups excluding carboxylic acids is 1. The molecule has 0 atom stereocenters. The van der Waals surface area contributed by atoms with Crippen molar-refractivity contribution in [3.05, 3.63) is 24.3 Å². The van der Waals surface area contributed by atoms with Crippen LogP contribution in [0.2, 0.25) is 0 Å². The molecule has 104 valence electrons. The van der Waals surface area contributed by atoms with E-state index in [1.165, 1.54) is 12.1 Å². The first kappa shape index (κ1) is 13.9. The molecule has 0 aromatic heterocycles. The van der Waals surface area contributed by atoms with Gasteiger partial charge in [0, 0.05) is 6.04 Å². The number of para-hydroxylation sites is 1. The molecule has 0 bridgehead atoms. The van der Waals surface area contributed by atoms with E-state index in [0.29, 0.717) is 0 Å². The Bertz CT molecular complexity index is 563. The van der Waals surface area contributed by atoms with Crippen LogP contribution in [0.5, 0.6) is 0 Å². The van der Waals surface area contributed by atoms with Crippen LogP contribution in [0.15, 0.2) is 29.2 Å². The van der Waals surface area contributed by atoms with Gasteiger partial charge in [-0.25, -0.2) is 8.42 Å². The number of sulfone groups is 1. The first-order valence-corrected chi connectivity index (χ1v) is 8.01. The van der Waals surface area contributed by atoms with Gasteiger partial charge in [-0.3, -0.25) is 4.79 Å². The number of nitrogen functional groups attached to an aromatic ring is 1. The van der Waals surface area contributed by atoms with Crippen LogP contribution >= 0.6 is 0 Å². The number of carbonyl (C=O) groups is 1. The monoisotopic (exact) mass is 282 g/mol. The lowest BCUT2D eigenvalue weighted by molar-refractivity contribution is -0.119. The number of nitrogens with one attached hydrogen (secondary N) is 1. The summed E-state index contributed by atoms with van der Waals surface area (Å²) in [6.45, 7) is 0. The second kappa shape index (κ2) is 5.61. The average molecular weight is 282 g/mol. The van der Waals surface area contributed by atoms with Gasteiger partial charge in [0.25, 0.3) is 0 Å². The van der Waals surface area contributed by atoms with Crippen LogP contribution in [0.3, 0.4) is 0 Å². The van der Waals surface area contributed by atoms with Gasteiger partial charge in [-0.05, 0) is 25.0 Å². The van der Waals surface area contributed by atoms with Crippen LogP contribution in [0, 0.1) is 0 Å². The SMILES string of the molecule is Nc1ccccc1S(=O)(=O)CC(=O)NC1CCCC1. The fraction of sp³-hybridized carbons (Fsp3) is 0.462. The van der Waals surface area contributed by atoms with Crippen molar-refractivity contribution >= 4 is 21.4 Å².